The summed E-state index contributed by atoms with van der Waals surface area (Å²) >= 11 is 0. The van der Waals surface area contributed by atoms with Gasteiger partial charge >= 0.3 is 0 Å². The number of nitrogens with zero attached hydrogens (tertiary/aromatic N) is 1. The van der Waals surface area contributed by atoms with Crippen molar-refractivity contribution in [1.82, 2.24) is 10.3 Å². The van der Waals surface area contributed by atoms with Crippen molar-refractivity contribution < 1.29 is 4.42 Å². The van der Waals surface area contributed by atoms with E-state index < -0.39 is 0 Å². The number of hydrogen-bond donors (Lipinski definition) is 1. The lowest BCUT2D eigenvalue weighted by Gasteiger charge is -1.97. The van der Waals surface area contributed by atoms with Gasteiger partial charge in [-0.25, -0.2) is 4.98 Å². The molecule has 2 aromatic rings. The Morgan fingerprint density at radius 1 is 1.38 bits per heavy atom. The Morgan fingerprint density at radius 2 is 2.25 bits per heavy atom. The van der Waals surface area contributed by atoms with Crippen LogP contribution >= 0.6 is 0 Å². The fourth-order valence-corrected chi connectivity index (χ4v) is 1.77. The van der Waals surface area contributed by atoms with E-state index in [4.69, 9.17) is 4.42 Å². The molecule has 16 heavy (non-hydrogen) atoms. The minimum absolute atomic E-state index is 0.860. The average Bonchev–Trinajstić information content (AvgIpc) is 2.68. The van der Waals surface area contributed by atoms with Gasteiger partial charge in [0.25, 0.3) is 0 Å². The van der Waals surface area contributed by atoms with E-state index >= 15 is 0 Å². The molecule has 1 aromatic carbocycles. The van der Waals surface area contributed by atoms with Crippen molar-refractivity contribution in [3.8, 4) is 0 Å². The lowest BCUT2D eigenvalue weighted by Crippen LogP contribution is -2.04. The van der Waals surface area contributed by atoms with Gasteiger partial charge in [-0.3, -0.25) is 0 Å². The van der Waals surface area contributed by atoms with E-state index in [2.05, 4.69) is 29.4 Å². The Kier molecular flexibility index (Phi) is 3.57. The van der Waals surface area contributed by atoms with Crippen LogP contribution in [0.15, 0.2) is 22.6 Å². The molecule has 3 heteroatoms. The number of nitrogens with one attached hydrogen (secondary N) is 1. The molecule has 0 saturated heterocycles. The first kappa shape index (κ1) is 11.1. The summed E-state index contributed by atoms with van der Waals surface area (Å²) in [5.74, 6) is 0.860. The van der Waals surface area contributed by atoms with Crippen LogP contribution in [0.3, 0.4) is 0 Å². The molecule has 0 unspecified atom stereocenters. The quantitative estimate of drug-likeness (QED) is 0.838. The van der Waals surface area contributed by atoms with Crippen LogP contribution < -0.4 is 5.32 Å². The third-order valence-electron chi connectivity index (χ3n) is 2.62. The second-order valence-corrected chi connectivity index (χ2v) is 4.04. The maximum atomic E-state index is 5.72. The van der Waals surface area contributed by atoms with Crippen LogP contribution in [0.1, 0.15) is 31.2 Å². The zero-order valence-electron chi connectivity index (χ0n) is 9.92. The van der Waals surface area contributed by atoms with Gasteiger partial charge in [0.2, 0.25) is 0 Å². The zero-order valence-corrected chi connectivity index (χ0v) is 9.92. The van der Waals surface area contributed by atoms with Gasteiger partial charge in [0.15, 0.2) is 11.5 Å². The summed E-state index contributed by atoms with van der Waals surface area (Å²) in [4.78, 5) is 4.46. The molecule has 3 nitrogen and oxygen atoms in total. The molecule has 0 aliphatic rings. The highest BCUT2D eigenvalue weighted by Crippen LogP contribution is 2.18. The standard InChI is InChI=1S/C13H18N2O/c1-3-4-5-13-15-11-7-6-10(9-14-2)8-12(11)16-13/h6-8,14H,3-5,9H2,1-2H3. The molecular weight excluding hydrogens is 200 g/mol. The number of fused-ring (bicyclic) bond motifs is 1. The predicted octanol–water partition coefficient (Wildman–Crippen LogP) is 2.89. The second kappa shape index (κ2) is 5.12. The number of aryl methyl sites for hydroxylation is 1. The fraction of sp³-hybridized carbons (Fsp3) is 0.462. The molecule has 1 heterocycles. The van der Waals surface area contributed by atoms with Crippen molar-refractivity contribution >= 4 is 11.1 Å². The van der Waals surface area contributed by atoms with E-state index in [1.54, 1.807) is 0 Å². The molecule has 0 fully saturated rings. The summed E-state index contributed by atoms with van der Waals surface area (Å²) in [6, 6.07) is 6.18. The Morgan fingerprint density at radius 3 is 3.00 bits per heavy atom. The first-order valence-electron chi connectivity index (χ1n) is 5.86. The van der Waals surface area contributed by atoms with E-state index in [1.165, 1.54) is 12.0 Å². The maximum Gasteiger partial charge on any atom is 0.195 e. The lowest BCUT2D eigenvalue weighted by molar-refractivity contribution is 0.517. The van der Waals surface area contributed by atoms with E-state index in [1.807, 2.05) is 13.1 Å². The largest absolute Gasteiger partial charge is 0.441 e. The summed E-state index contributed by atoms with van der Waals surface area (Å²) < 4.78 is 5.72. The highest BCUT2D eigenvalue weighted by molar-refractivity contribution is 5.73. The monoisotopic (exact) mass is 218 g/mol. The van der Waals surface area contributed by atoms with Crippen LogP contribution in [-0.4, -0.2) is 12.0 Å². The minimum Gasteiger partial charge on any atom is -0.441 e. The average molecular weight is 218 g/mol. The molecule has 2 rings (SSSR count). The molecule has 0 saturated carbocycles. The van der Waals surface area contributed by atoms with E-state index in [0.29, 0.717) is 0 Å². The summed E-state index contributed by atoms with van der Waals surface area (Å²) in [5.41, 5.74) is 3.10. The minimum atomic E-state index is 0.860. The number of hydrogen-bond acceptors (Lipinski definition) is 3. The number of benzene rings is 1. The van der Waals surface area contributed by atoms with Crippen molar-refractivity contribution in [2.45, 2.75) is 32.7 Å². The Labute approximate surface area is 95.9 Å². The van der Waals surface area contributed by atoms with Crippen LogP contribution in [0.25, 0.3) is 11.1 Å². The van der Waals surface area contributed by atoms with Crippen molar-refractivity contribution in [1.29, 1.82) is 0 Å². The van der Waals surface area contributed by atoms with Crippen LogP contribution in [-0.2, 0) is 13.0 Å². The molecule has 1 N–H and O–H groups in total. The van der Waals surface area contributed by atoms with Gasteiger partial charge in [0, 0.05) is 13.0 Å². The Bertz CT molecular complexity index is 462. The lowest BCUT2D eigenvalue weighted by atomic mass is 10.2. The van der Waals surface area contributed by atoms with Crippen molar-refractivity contribution in [3.05, 3.63) is 29.7 Å². The van der Waals surface area contributed by atoms with Crippen LogP contribution in [0.4, 0.5) is 0 Å². The number of unbranched alkanes of at least 4 members (excludes halogenated alkanes) is 1. The molecule has 86 valence electrons. The first-order chi connectivity index (χ1) is 7.83. The van der Waals surface area contributed by atoms with Crippen LogP contribution in [0.2, 0.25) is 0 Å². The molecule has 0 aliphatic heterocycles. The van der Waals surface area contributed by atoms with Crippen LogP contribution in [0.5, 0.6) is 0 Å². The highest BCUT2D eigenvalue weighted by Gasteiger charge is 2.05. The third-order valence-corrected chi connectivity index (χ3v) is 2.62. The summed E-state index contributed by atoms with van der Waals surface area (Å²) in [6.07, 6.45) is 3.24. The number of rotatable bonds is 5. The Hall–Kier alpha value is -1.35. The van der Waals surface area contributed by atoms with Crippen LogP contribution in [0, 0.1) is 0 Å². The van der Waals surface area contributed by atoms with Gasteiger partial charge in [-0.05, 0) is 31.2 Å². The predicted molar refractivity (Wildman–Crippen MR) is 65.4 cm³/mol. The molecule has 0 bridgehead atoms. The normalized spacial score (nSPS) is 11.1. The van der Waals surface area contributed by atoms with E-state index in [0.717, 1.165) is 36.4 Å². The number of oxazole rings is 1. The van der Waals surface area contributed by atoms with E-state index in [9.17, 15) is 0 Å². The molecule has 0 atom stereocenters. The summed E-state index contributed by atoms with van der Waals surface area (Å²) in [6.45, 7) is 3.04. The Balaban J connectivity index is 2.23. The zero-order chi connectivity index (χ0) is 11.4. The summed E-state index contributed by atoms with van der Waals surface area (Å²) in [5, 5.41) is 3.13. The summed E-state index contributed by atoms with van der Waals surface area (Å²) in [7, 11) is 1.94. The van der Waals surface area contributed by atoms with Crippen molar-refractivity contribution in [3.63, 3.8) is 0 Å². The molecule has 0 spiro atoms. The second-order valence-electron chi connectivity index (χ2n) is 4.04. The SMILES string of the molecule is CCCCc1nc2ccc(CNC)cc2o1. The molecule has 1 aromatic heterocycles. The maximum absolute atomic E-state index is 5.72. The highest BCUT2D eigenvalue weighted by atomic mass is 16.3. The molecule has 0 radical (unpaired) electrons. The van der Waals surface area contributed by atoms with Gasteiger partial charge in [-0.15, -0.1) is 0 Å². The van der Waals surface area contributed by atoms with Gasteiger partial charge in [-0.2, -0.15) is 0 Å². The first-order valence-corrected chi connectivity index (χ1v) is 5.86. The molecular formula is C13H18N2O. The van der Waals surface area contributed by atoms with Crippen molar-refractivity contribution in [2.24, 2.45) is 0 Å². The smallest absolute Gasteiger partial charge is 0.195 e. The van der Waals surface area contributed by atoms with Crippen molar-refractivity contribution in [2.75, 3.05) is 7.05 Å². The van der Waals surface area contributed by atoms with E-state index in [-0.39, 0.29) is 0 Å². The topological polar surface area (TPSA) is 38.1 Å². The number of aromatic nitrogens is 1. The third kappa shape index (κ3) is 2.42. The van der Waals surface area contributed by atoms with Gasteiger partial charge in [0.05, 0.1) is 0 Å². The van der Waals surface area contributed by atoms with Gasteiger partial charge in [-0.1, -0.05) is 19.4 Å². The van der Waals surface area contributed by atoms with Gasteiger partial charge in [0.1, 0.15) is 5.52 Å². The molecule has 0 aliphatic carbocycles. The fourth-order valence-electron chi connectivity index (χ4n) is 1.77. The molecule has 0 amide bonds. The van der Waals surface area contributed by atoms with Gasteiger partial charge < -0.3 is 9.73 Å².